The average Bonchev–Trinajstić information content (AvgIpc) is 3.04. The SMILES string of the molecule is OCc1csc2c(NCc3cccs3)cc(Cl)nc12. The van der Waals surface area contributed by atoms with Crippen LogP contribution in [0.5, 0.6) is 0 Å². The Hall–Kier alpha value is -1.14. The van der Waals surface area contributed by atoms with Gasteiger partial charge in [-0.15, -0.1) is 22.7 Å². The summed E-state index contributed by atoms with van der Waals surface area (Å²) in [7, 11) is 0. The monoisotopic (exact) mass is 310 g/mol. The number of nitrogens with zero attached hydrogens (tertiary/aromatic N) is 1. The maximum Gasteiger partial charge on any atom is 0.131 e. The van der Waals surface area contributed by atoms with Gasteiger partial charge in [0.05, 0.1) is 22.5 Å². The number of halogens is 1. The lowest BCUT2D eigenvalue weighted by Crippen LogP contribution is -1.98. The molecule has 0 atom stereocenters. The van der Waals surface area contributed by atoms with Gasteiger partial charge in [-0.1, -0.05) is 17.7 Å². The smallest absolute Gasteiger partial charge is 0.131 e. The van der Waals surface area contributed by atoms with E-state index in [-0.39, 0.29) is 6.61 Å². The molecule has 0 spiro atoms. The second-order valence-electron chi connectivity index (χ2n) is 4.02. The van der Waals surface area contributed by atoms with E-state index >= 15 is 0 Å². The molecule has 0 saturated heterocycles. The van der Waals surface area contributed by atoms with E-state index < -0.39 is 0 Å². The van der Waals surface area contributed by atoms with Crippen molar-refractivity contribution in [1.82, 2.24) is 4.98 Å². The Labute approximate surface area is 123 Å². The Morgan fingerprint density at radius 3 is 3.00 bits per heavy atom. The zero-order valence-corrected chi connectivity index (χ0v) is 12.3. The van der Waals surface area contributed by atoms with Gasteiger partial charge in [-0.05, 0) is 16.8 Å². The van der Waals surface area contributed by atoms with Crippen LogP contribution in [0.2, 0.25) is 5.15 Å². The standard InChI is InChI=1S/C13H11ClN2OS2/c14-11-4-10(15-5-9-2-1-3-18-9)13-12(16-11)8(6-17)7-19-13/h1-4,7,17H,5-6H2,(H,15,16). The first-order valence-corrected chi connectivity index (χ1v) is 7.85. The Bertz CT molecular complexity index is 694. The van der Waals surface area contributed by atoms with Crippen LogP contribution in [-0.4, -0.2) is 10.1 Å². The third-order valence-electron chi connectivity index (χ3n) is 2.77. The second-order valence-corrected chi connectivity index (χ2v) is 6.32. The lowest BCUT2D eigenvalue weighted by atomic mass is 10.2. The van der Waals surface area contributed by atoms with Gasteiger partial charge in [0.2, 0.25) is 0 Å². The van der Waals surface area contributed by atoms with Crippen molar-refractivity contribution < 1.29 is 5.11 Å². The summed E-state index contributed by atoms with van der Waals surface area (Å²) >= 11 is 9.33. The molecular formula is C13H11ClN2OS2. The van der Waals surface area contributed by atoms with E-state index in [4.69, 9.17) is 11.6 Å². The first-order chi connectivity index (χ1) is 9.28. The molecule has 3 aromatic heterocycles. The number of anilines is 1. The van der Waals surface area contributed by atoms with Crippen LogP contribution in [0.3, 0.4) is 0 Å². The Morgan fingerprint density at radius 1 is 1.37 bits per heavy atom. The highest BCUT2D eigenvalue weighted by atomic mass is 35.5. The number of pyridine rings is 1. The molecule has 0 radical (unpaired) electrons. The van der Waals surface area contributed by atoms with Crippen molar-refractivity contribution in [2.24, 2.45) is 0 Å². The molecule has 0 saturated carbocycles. The molecule has 3 aromatic rings. The predicted octanol–water partition coefficient (Wildman–Crippen LogP) is 4.12. The lowest BCUT2D eigenvalue weighted by molar-refractivity contribution is 0.283. The normalized spacial score (nSPS) is 11.1. The average molecular weight is 311 g/mol. The Kier molecular flexibility index (Phi) is 3.70. The van der Waals surface area contributed by atoms with Crippen molar-refractivity contribution in [1.29, 1.82) is 0 Å². The summed E-state index contributed by atoms with van der Waals surface area (Å²) in [5.41, 5.74) is 2.57. The van der Waals surface area contributed by atoms with E-state index in [0.29, 0.717) is 5.15 Å². The molecule has 19 heavy (non-hydrogen) atoms. The molecule has 6 heteroatoms. The van der Waals surface area contributed by atoms with Crippen molar-refractivity contribution in [2.75, 3.05) is 5.32 Å². The van der Waals surface area contributed by atoms with E-state index in [1.54, 1.807) is 22.7 Å². The van der Waals surface area contributed by atoms with Crippen LogP contribution >= 0.6 is 34.3 Å². The lowest BCUT2D eigenvalue weighted by Gasteiger charge is -2.07. The van der Waals surface area contributed by atoms with Crippen LogP contribution < -0.4 is 5.32 Å². The summed E-state index contributed by atoms with van der Waals surface area (Å²) < 4.78 is 1.03. The number of fused-ring (bicyclic) bond motifs is 1. The number of thiophene rings is 2. The first kappa shape index (κ1) is 12.9. The minimum atomic E-state index is -0.0162. The molecule has 3 heterocycles. The highest BCUT2D eigenvalue weighted by molar-refractivity contribution is 7.18. The third kappa shape index (κ3) is 2.60. The third-order valence-corrected chi connectivity index (χ3v) is 4.89. The topological polar surface area (TPSA) is 45.1 Å². The summed E-state index contributed by atoms with van der Waals surface area (Å²) in [5.74, 6) is 0. The van der Waals surface area contributed by atoms with Crippen molar-refractivity contribution in [3.8, 4) is 0 Å². The van der Waals surface area contributed by atoms with Crippen LogP contribution in [0.4, 0.5) is 5.69 Å². The van der Waals surface area contributed by atoms with Gasteiger partial charge in [0, 0.05) is 23.1 Å². The van der Waals surface area contributed by atoms with Crippen LogP contribution in [0.15, 0.2) is 29.0 Å². The van der Waals surface area contributed by atoms with E-state index in [1.165, 1.54) is 4.88 Å². The number of aliphatic hydroxyl groups is 1. The second kappa shape index (κ2) is 5.46. The molecule has 0 aliphatic heterocycles. The zero-order chi connectivity index (χ0) is 13.2. The molecular weight excluding hydrogens is 300 g/mol. The summed E-state index contributed by atoms with van der Waals surface area (Å²) in [6.07, 6.45) is 0. The van der Waals surface area contributed by atoms with Gasteiger partial charge >= 0.3 is 0 Å². The summed E-state index contributed by atoms with van der Waals surface area (Å²) in [6.45, 7) is 0.747. The fourth-order valence-corrected chi connectivity index (χ4v) is 3.69. The van der Waals surface area contributed by atoms with Gasteiger partial charge in [-0.2, -0.15) is 0 Å². The fraction of sp³-hybridized carbons (Fsp3) is 0.154. The van der Waals surface area contributed by atoms with E-state index in [2.05, 4.69) is 21.7 Å². The fourth-order valence-electron chi connectivity index (χ4n) is 1.86. The van der Waals surface area contributed by atoms with Gasteiger partial charge < -0.3 is 10.4 Å². The van der Waals surface area contributed by atoms with Crippen LogP contribution in [0, 0.1) is 0 Å². The maximum absolute atomic E-state index is 9.29. The Morgan fingerprint density at radius 2 is 2.26 bits per heavy atom. The summed E-state index contributed by atoms with van der Waals surface area (Å²) in [4.78, 5) is 5.55. The molecule has 3 rings (SSSR count). The van der Waals surface area contributed by atoms with Gasteiger partial charge in [0.25, 0.3) is 0 Å². The molecule has 98 valence electrons. The van der Waals surface area contributed by atoms with Crippen LogP contribution in [0.1, 0.15) is 10.4 Å². The number of rotatable bonds is 4. The molecule has 0 aliphatic carbocycles. The quantitative estimate of drug-likeness (QED) is 0.713. The van der Waals surface area contributed by atoms with Crippen LogP contribution in [-0.2, 0) is 13.2 Å². The zero-order valence-electron chi connectivity index (χ0n) is 9.89. The minimum Gasteiger partial charge on any atom is -0.392 e. The van der Waals surface area contributed by atoms with E-state index in [9.17, 15) is 5.11 Å². The molecule has 2 N–H and O–H groups in total. The number of hydrogen-bond acceptors (Lipinski definition) is 5. The number of aromatic nitrogens is 1. The molecule has 0 aromatic carbocycles. The van der Waals surface area contributed by atoms with Crippen molar-refractivity contribution in [2.45, 2.75) is 13.2 Å². The summed E-state index contributed by atoms with van der Waals surface area (Å²) in [6, 6.07) is 5.95. The molecule has 0 bridgehead atoms. The predicted molar refractivity (Wildman–Crippen MR) is 82.2 cm³/mol. The molecule has 0 fully saturated rings. The van der Waals surface area contributed by atoms with E-state index in [0.717, 1.165) is 28.0 Å². The van der Waals surface area contributed by atoms with Gasteiger partial charge in [-0.25, -0.2) is 4.98 Å². The maximum atomic E-state index is 9.29. The van der Waals surface area contributed by atoms with Gasteiger partial charge in [0.1, 0.15) is 5.15 Å². The molecule has 0 amide bonds. The highest BCUT2D eigenvalue weighted by Crippen LogP contribution is 2.33. The highest BCUT2D eigenvalue weighted by Gasteiger charge is 2.11. The van der Waals surface area contributed by atoms with Gasteiger partial charge in [0.15, 0.2) is 0 Å². The first-order valence-electron chi connectivity index (χ1n) is 5.71. The van der Waals surface area contributed by atoms with Crippen molar-refractivity contribution in [3.05, 3.63) is 44.6 Å². The Balaban J connectivity index is 1.96. The number of nitrogens with one attached hydrogen (secondary N) is 1. The number of aliphatic hydroxyl groups excluding tert-OH is 1. The van der Waals surface area contributed by atoms with Crippen LogP contribution in [0.25, 0.3) is 10.2 Å². The minimum absolute atomic E-state index is 0.0162. The van der Waals surface area contributed by atoms with Crippen molar-refractivity contribution >= 4 is 50.2 Å². The summed E-state index contributed by atoms with van der Waals surface area (Å²) in [5, 5.41) is 17.1. The molecule has 0 aliphatic rings. The molecule has 0 unspecified atom stereocenters. The van der Waals surface area contributed by atoms with Crippen molar-refractivity contribution in [3.63, 3.8) is 0 Å². The number of hydrogen-bond donors (Lipinski definition) is 2. The molecule has 3 nitrogen and oxygen atoms in total. The largest absolute Gasteiger partial charge is 0.392 e. The van der Waals surface area contributed by atoms with Gasteiger partial charge in [-0.3, -0.25) is 0 Å². The van der Waals surface area contributed by atoms with E-state index in [1.807, 2.05) is 17.5 Å².